The molecule has 0 saturated carbocycles. The molecule has 0 aromatic carbocycles. The molecule has 0 heterocycles. The maximum absolute atomic E-state index is 10.7. The molecule has 0 aliphatic heterocycles. The Labute approximate surface area is 132 Å². The predicted octanol–water partition coefficient (Wildman–Crippen LogP) is 4.12. The zero-order valence-electron chi connectivity index (χ0n) is 14.2. The van der Waals surface area contributed by atoms with Crippen molar-refractivity contribution in [3.63, 3.8) is 0 Å². The summed E-state index contributed by atoms with van der Waals surface area (Å²) >= 11 is 0. The van der Waals surface area contributed by atoms with Gasteiger partial charge in [-0.15, -0.1) is 0 Å². The van der Waals surface area contributed by atoms with Gasteiger partial charge >= 0.3 is 0 Å². The standard InChI is InChI=1S/C16H35NO3S/c1-4-5-6-7-8-9-10-11-13-16(17(2)3)14-12-15-21(18,19)20/h16H,4-15H2,1-3H3,(H,18,19,20). The van der Waals surface area contributed by atoms with Crippen molar-refractivity contribution in [3.8, 4) is 0 Å². The van der Waals surface area contributed by atoms with Crippen LogP contribution in [0.1, 0.15) is 77.6 Å². The third-order valence-electron chi connectivity index (χ3n) is 4.06. The van der Waals surface area contributed by atoms with Gasteiger partial charge in [0.15, 0.2) is 0 Å². The Morgan fingerprint density at radius 1 is 0.857 bits per heavy atom. The van der Waals surface area contributed by atoms with Gasteiger partial charge in [0.05, 0.1) is 5.75 Å². The lowest BCUT2D eigenvalue weighted by atomic mass is 10.0. The van der Waals surface area contributed by atoms with Gasteiger partial charge in [-0.05, 0) is 33.4 Å². The van der Waals surface area contributed by atoms with Crippen LogP contribution in [0.25, 0.3) is 0 Å². The van der Waals surface area contributed by atoms with Gasteiger partial charge in [-0.1, -0.05) is 58.3 Å². The van der Waals surface area contributed by atoms with Crippen molar-refractivity contribution < 1.29 is 13.0 Å². The lowest BCUT2D eigenvalue weighted by Gasteiger charge is -2.24. The quantitative estimate of drug-likeness (QED) is 0.386. The highest BCUT2D eigenvalue weighted by atomic mass is 32.2. The lowest BCUT2D eigenvalue weighted by molar-refractivity contribution is 0.255. The fourth-order valence-corrected chi connectivity index (χ4v) is 3.21. The third kappa shape index (κ3) is 14.6. The highest BCUT2D eigenvalue weighted by molar-refractivity contribution is 7.85. The number of hydrogen-bond donors (Lipinski definition) is 1. The summed E-state index contributed by atoms with van der Waals surface area (Å²) in [5.74, 6) is -0.116. The Morgan fingerprint density at radius 3 is 1.81 bits per heavy atom. The molecule has 1 N–H and O–H groups in total. The summed E-state index contributed by atoms with van der Waals surface area (Å²) in [7, 11) is 0.285. The molecule has 0 bridgehead atoms. The smallest absolute Gasteiger partial charge is 0.264 e. The van der Waals surface area contributed by atoms with Gasteiger partial charge in [0.25, 0.3) is 10.1 Å². The molecule has 0 rings (SSSR count). The van der Waals surface area contributed by atoms with Gasteiger partial charge in [-0.2, -0.15) is 8.42 Å². The maximum atomic E-state index is 10.7. The number of rotatable bonds is 14. The normalized spacial score (nSPS) is 13.8. The summed E-state index contributed by atoms with van der Waals surface area (Å²) < 4.78 is 30.2. The first-order valence-corrected chi connectivity index (χ1v) is 10.1. The van der Waals surface area contributed by atoms with Crippen LogP contribution in [0.4, 0.5) is 0 Å². The Bertz CT molecular complexity index is 328. The molecule has 5 heteroatoms. The first-order chi connectivity index (χ1) is 9.87. The zero-order valence-corrected chi connectivity index (χ0v) is 15.0. The maximum Gasteiger partial charge on any atom is 0.264 e. The summed E-state index contributed by atoms with van der Waals surface area (Å²) in [5.41, 5.74) is 0. The minimum absolute atomic E-state index is 0.116. The molecule has 0 fully saturated rings. The summed E-state index contributed by atoms with van der Waals surface area (Å²) in [4.78, 5) is 2.17. The number of nitrogens with zero attached hydrogens (tertiary/aromatic N) is 1. The van der Waals surface area contributed by atoms with E-state index in [9.17, 15) is 8.42 Å². The van der Waals surface area contributed by atoms with E-state index < -0.39 is 10.1 Å². The summed E-state index contributed by atoms with van der Waals surface area (Å²) in [6.07, 6.45) is 13.0. The van der Waals surface area contributed by atoms with E-state index in [4.69, 9.17) is 4.55 Å². The molecule has 128 valence electrons. The molecule has 0 aromatic rings. The molecule has 0 aliphatic rings. The lowest BCUT2D eigenvalue weighted by Crippen LogP contribution is -2.28. The Morgan fingerprint density at radius 2 is 1.33 bits per heavy atom. The van der Waals surface area contributed by atoms with Crippen LogP contribution in [0.3, 0.4) is 0 Å². The van der Waals surface area contributed by atoms with Crippen molar-refractivity contribution in [2.75, 3.05) is 19.8 Å². The number of hydrogen-bond acceptors (Lipinski definition) is 3. The van der Waals surface area contributed by atoms with E-state index in [-0.39, 0.29) is 5.75 Å². The molecule has 4 nitrogen and oxygen atoms in total. The molecule has 0 aromatic heterocycles. The predicted molar refractivity (Wildman–Crippen MR) is 90.4 cm³/mol. The fourth-order valence-electron chi connectivity index (χ4n) is 2.68. The molecule has 1 unspecified atom stereocenters. The van der Waals surface area contributed by atoms with Crippen LogP contribution in [-0.4, -0.2) is 43.8 Å². The van der Waals surface area contributed by atoms with E-state index >= 15 is 0 Å². The molecule has 0 radical (unpaired) electrons. The minimum atomic E-state index is -3.80. The van der Waals surface area contributed by atoms with E-state index in [1.54, 1.807) is 0 Å². The Hall–Kier alpha value is -0.130. The van der Waals surface area contributed by atoms with Crippen molar-refractivity contribution in [2.45, 2.75) is 83.6 Å². The monoisotopic (exact) mass is 321 g/mol. The zero-order chi connectivity index (χ0) is 16.1. The van der Waals surface area contributed by atoms with Crippen molar-refractivity contribution >= 4 is 10.1 Å². The topological polar surface area (TPSA) is 57.6 Å². The summed E-state index contributed by atoms with van der Waals surface area (Å²) in [6.45, 7) is 2.24. The van der Waals surface area contributed by atoms with Crippen molar-refractivity contribution in [1.82, 2.24) is 4.90 Å². The average molecular weight is 322 g/mol. The molecule has 21 heavy (non-hydrogen) atoms. The van der Waals surface area contributed by atoms with Crippen molar-refractivity contribution in [3.05, 3.63) is 0 Å². The SMILES string of the molecule is CCCCCCCCCCC(CCCS(=O)(=O)O)N(C)C. The van der Waals surface area contributed by atoms with Crippen LogP contribution in [0, 0.1) is 0 Å². The van der Waals surface area contributed by atoms with E-state index in [0.717, 1.165) is 12.8 Å². The largest absolute Gasteiger partial charge is 0.306 e. The highest BCUT2D eigenvalue weighted by Crippen LogP contribution is 2.15. The van der Waals surface area contributed by atoms with Gasteiger partial charge in [-0.3, -0.25) is 4.55 Å². The molecular weight excluding hydrogens is 286 g/mol. The Balaban J connectivity index is 3.66. The van der Waals surface area contributed by atoms with Crippen LogP contribution < -0.4 is 0 Å². The summed E-state index contributed by atoms with van der Waals surface area (Å²) in [6, 6.07) is 0.423. The van der Waals surface area contributed by atoms with Crippen LogP contribution in [0.5, 0.6) is 0 Å². The minimum Gasteiger partial charge on any atom is -0.306 e. The third-order valence-corrected chi connectivity index (χ3v) is 4.87. The van der Waals surface area contributed by atoms with Gasteiger partial charge < -0.3 is 4.90 Å². The average Bonchev–Trinajstić information content (AvgIpc) is 2.38. The molecule has 0 aliphatic carbocycles. The van der Waals surface area contributed by atoms with Crippen molar-refractivity contribution in [2.24, 2.45) is 0 Å². The highest BCUT2D eigenvalue weighted by Gasteiger charge is 2.13. The first-order valence-electron chi connectivity index (χ1n) is 8.48. The van der Waals surface area contributed by atoms with Gasteiger partial charge in [0, 0.05) is 6.04 Å². The second-order valence-electron chi connectivity index (χ2n) is 6.31. The van der Waals surface area contributed by atoms with Crippen LogP contribution in [-0.2, 0) is 10.1 Å². The molecule has 0 amide bonds. The summed E-state index contributed by atoms with van der Waals surface area (Å²) in [5, 5.41) is 0. The molecule has 0 spiro atoms. The second-order valence-corrected chi connectivity index (χ2v) is 7.88. The van der Waals surface area contributed by atoms with E-state index in [0.29, 0.717) is 12.5 Å². The van der Waals surface area contributed by atoms with Crippen LogP contribution >= 0.6 is 0 Å². The van der Waals surface area contributed by atoms with Gasteiger partial charge in [-0.25, -0.2) is 0 Å². The van der Waals surface area contributed by atoms with E-state index in [1.165, 1.54) is 51.4 Å². The molecular formula is C16H35NO3S. The van der Waals surface area contributed by atoms with Crippen molar-refractivity contribution in [1.29, 1.82) is 0 Å². The fraction of sp³-hybridized carbons (Fsp3) is 1.00. The van der Waals surface area contributed by atoms with Crippen LogP contribution in [0.15, 0.2) is 0 Å². The first kappa shape index (κ1) is 20.9. The Kier molecular flexibility index (Phi) is 12.3. The number of unbranched alkanes of at least 4 members (excludes halogenated alkanes) is 7. The molecule has 1 atom stereocenters. The van der Waals surface area contributed by atoms with Gasteiger partial charge in [0.2, 0.25) is 0 Å². The van der Waals surface area contributed by atoms with Gasteiger partial charge in [0.1, 0.15) is 0 Å². The second kappa shape index (κ2) is 12.4. The molecule has 0 saturated heterocycles. The van der Waals surface area contributed by atoms with E-state index in [1.807, 2.05) is 14.1 Å². The van der Waals surface area contributed by atoms with Crippen LogP contribution in [0.2, 0.25) is 0 Å². The van der Waals surface area contributed by atoms with E-state index in [2.05, 4.69) is 11.8 Å².